The van der Waals surface area contributed by atoms with E-state index in [0.717, 1.165) is 22.7 Å². The van der Waals surface area contributed by atoms with Gasteiger partial charge in [-0.2, -0.15) is 0 Å². The van der Waals surface area contributed by atoms with E-state index in [1.807, 2.05) is 30.7 Å². The van der Waals surface area contributed by atoms with Gasteiger partial charge in [0.2, 0.25) is 5.91 Å². The number of aryl methyl sites for hydroxylation is 1. The number of benzene rings is 2. The zero-order valence-electron chi connectivity index (χ0n) is 16.9. The molecular weight excluding hydrogens is 388 g/mol. The topological polar surface area (TPSA) is 78.3 Å². The summed E-state index contributed by atoms with van der Waals surface area (Å²) in [5.74, 6) is 2.39. The van der Waals surface area contributed by atoms with E-state index in [4.69, 9.17) is 9.47 Å². The van der Waals surface area contributed by atoms with Gasteiger partial charge in [0.05, 0.1) is 12.9 Å². The van der Waals surface area contributed by atoms with Gasteiger partial charge in [0.25, 0.3) is 0 Å². The fourth-order valence-electron chi connectivity index (χ4n) is 2.62. The van der Waals surface area contributed by atoms with Crippen LogP contribution in [0.4, 0.5) is 5.69 Å². The van der Waals surface area contributed by atoms with Crippen molar-refractivity contribution in [1.29, 1.82) is 0 Å². The minimum absolute atomic E-state index is 0.114. The van der Waals surface area contributed by atoms with E-state index in [1.165, 1.54) is 17.3 Å². The Bertz CT molecular complexity index is 986. The minimum atomic E-state index is -0.114. The predicted molar refractivity (Wildman–Crippen MR) is 114 cm³/mol. The number of hydrogen-bond donors (Lipinski definition) is 1. The number of thioether (sulfide) groups is 1. The Kier molecular flexibility index (Phi) is 6.77. The predicted octanol–water partition coefficient (Wildman–Crippen LogP) is 3.75. The quantitative estimate of drug-likeness (QED) is 0.568. The Hall–Kier alpha value is -3.00. The van der Waals surface area contributed by atoms with Gasteiger partial charge in [-0.25, -0.2) is 0 Å². The highest BCUT2D eigenvalue weighted by Gasteiger charge is 2.13. The van der Waals surface area contributed by atoms with Crippen molar-refractivity contribution in [2.75, 3.05) is 18.2 Å². The highest BCUT2D eigenvalue weighted by Crippen LogP contribution is 2.22. The molecule has 1 heterocycles. The first-order valence-corrected chi connectivity index (χ1v) is 10.1. The van der Waals surface area contributed by atoms with Crippen molar-refractivity contribution in [2.45, 2.75) is 25.6 Å². The summed E-state index contributed by atoms with van der Waals surface area (Å²) < 4.78 is 12.9. The van der Waals surface area contributed by atoms with Crippen LogP contribution in [-0.4, -0.2) is 33.5 Å². The van der Waals surface area contributed by atoms with E-state index < -0.39 is 0 Å². The number of ether oxygens (including phenoxy) is 2. The van der Waals surface area contributed by atoms with E-state index in [1.54, 1.807) is 31.4 Å². The molecule has 0 bridgehead atoms. The average Bonchev–Trinajstić information content (AvgIpc) is 3.07. The van der Waals surface area contributed by atoms with Gasteiger partial charge >= 0.3 is 0 Å². The number of amides is 1. The van der Waals surface area contributed by atoms with E-state index in [-0.39, 0.29) is 11.7 Å². The third-order valence-corrected chi connectivity index (χ3v) is 5.56. The highest BCUT2D eigenvalue weighted by atomic mass is 32.2. The third-order valence-electron chi connectivity index (χ3n) is 4.54. The molecule has 0 unspecified atom stereocenters. The molecule has 3 aromatic rings. The second-order valence-corrected chi connectivity index (χ2v) is 7.45. The zero-order chi connectivity index (χ0) is 20.8. The molecule has 0 atom stereocenters. The van der Waals surface area contributed by atoms with Crippen LogP contribution in [0.25, 0.3) is 0 Å². The first-order valence-electron chi connectivity index (χ1n) is 9.12. The van der Waals surface area contributed by atoms with Crippen molar-refractivity contribution in [3.05, 3.63) is 59.4 Å². The number of anilines is 1. The summed E-state index contributed by atoms with van der Waals surface area (Å²) in [5, 5.41) is 11.9. The molecule has 0 aliphatic rings. The standard InChI is InChI=1S/C21H24N4O3S/c1-14-6-5-7-18(15(14)2)28-12-19-23-24-21(25(19)3)29-13-20(26)22-16-8-10-17(27-4)11-9-16/h5-11H,12-13H2,1-4H3,(H,22,26). The number of nitrogens with one attached hydrogen (secondary N) is 1. The van der Waals surface area contributed by atoms with Crippen LogP contribution in [-0.2, 0) is 18.4 Å². The Balaban J connectivity index is 1.53. The van der Waals surface area contributed by atoms with Crippen LogP contribution in [0, 0.1) is 13.8 Å². The van der Waals surface area contributed by atoms with Crippen LogP contribution < -0.4 is 14.8 Å². The fraction of sp³-hybridized carbons (Fsp3) is 0.286. The Morgan fingerprint density at radius 1 is 1.14 bits per heavy atom. The molecule has 0 aliphatic carbocycles. The molecule has 1 amide bonds. The molecule has 0 saturated heterocycles. The molecule has 0 spiro atoms. The van der Waals surface area contributed by atoms with Gasteiger partial charge in [0.1, 0.15) is 18.1 Å². The summed E-state index contributed by atoms with van der Waals surface area (Å²) in [6.07, 6.45) is 0. The molecule has 3 rings (SSSR count). The third kappa shape index (κ3) is 5.29. The number of carbonyl (C=O) groups excluding carboxylic acids is 1. The van der Waals surface area contributed by atoms with Gasteiger partial charge in [-0.1, -0.05) is 23.9 Å². The first kappa shape index (κ1) is 20.7. The van der Waals surface area contributed by atoms with Crippen LogP contribution in [0.3, 0.4) is 0 Å². The first-order chi connectivity index (χ1) is 14.0. The lowest BCUT2D eigenvalue weighted by Crippen LogP contribution is -2.14. The molecule has 1 aromatic heterocycles. The normalized spacial score (nSPS) is 10.6. The highest BCUT2D eigenvalue weighted by molar-refractivity contribution is 7.99. The lowest BCUT2D eigenvalue weighted by molar-refractivity contribution is -0.113. The maximum atomic E-state index is 12.2. The second-order valence-electron chi connectivity index (χ2n) is 6.51. The molecule has 1 N–H and O–H groups in total. The second kappa shape index (κ2) is 9.47. The molecule has 0 radical (unpaired) electrons. The van der Waals surface area contributed by atoms with E-state index in [9.17, 15) is 4.79 Å². The number of carbonyl (C=O) groups is 1. The number of methoxy groups -OCH3 is 1. The maximum Gasteiger partial charge on any atom is 0.234 e. The maximum absolute atomic E-state index is 12.2. The SMILES string of the molecule is COc1ccc(NC(=O)CSc2nnc(COc3cccc(C)c3C)n2C)cc1. The van der Waals surface area contributed by atoms with Crippen LogP contribution in [0.5, 0.6) is 11.5 Å². The Morgan fingerprint density at radius 3 is 2.62 bits per heavy atom. The van der Waals surface area contributed by atoms with Gasteiger partial charge in [0, 0.05) is 12.7 Å². The van der Waals surface area contributed by atoms with Crippen molar-refractivity contribution in [3.63, 3.8) is 0 Å². The number of hydrogen-bond acceptors (Lipinski definition) is 6. The summed E-state index contributed by atoms with van der Waals surface area (Å²) in [6.45, 7) is 4.40. The average molecular weight is 413 g/mol. The minimum Gasteiger partial charge on any atom is -0.497 e. The molecule has 2 aromatic carbocycles. The van der Waals surface area contributed by atoms with Gasteiger partial charge in [0.15, 0.2) is 11.0 Å². The summed E-state index contributed by atoms with van der Waals surface area (Å²) in [5.41, 5.74) is 3.01. The fourth-order valence-corrected chi connectivity index (χ4v) is 3.35. The molecule has 8 heteroatoms. The van der Waals surface area contributed by atoms with E-state index in [0.29, 0.717) is 17.6 Å². The Morgan fingerprint density at radius 2 is 1.90 bits per heavy atom. The molecule has 0 fully saturated rings. The molecular formula is C21H24N4O3S. The van der Waals surface area contributed by atoms with Crippen molar-refractivity contribution in [2.24, 2.45) is 7.05 Å². The number of nitrogens with zero attached hydrogens (tertiary/aromatic N) is 3. The van der Waals surface area contributed by atoms with Crippen LogP contribution in [0.2, 0.25) is 0 Å². The summed E-state index contributed by atoms with van der Waals surface area (Å²) in [7, 11) is 3.47. The number of rotatable bonds is 8. The largest absolute Gasteiger partial charge is 0.497 e. The molecule has 0 aliphatic heterocycles. The smallest absolute Gasteiger partial charge is 0.234 e. The van der Waals surface area contributed by atoms with E-state index >= 15 is 0 Å². The summed E-state index contributed by atoms with van der Waals surface area (Å²) >= 11 is 1.33. The molecule has 152 valence electrons. The van der Waals surface area contributed by atoms with Crippen molar-refractivity contribution < 1.29 is 14.3 Å². The lowest BCUT2D eigenvalue weighted by Gasteiger charge is -2.10. The monoisotopic (exact) mass is 412 g/mol. The molecule has 29 heavy (non-hydrogen) atoms. The van der Waals surface area contributed by atoms with Crippen molar-refractivity contribution in [3.8, 4) is 11.5 Å². The van der Waals surface area contributed by atoms with Gasteiger partial charge < -0.3 is 19.4 Å². The number of aromatic nitrogens is 3. The van der Waals surface area contributed by atoms with Crippen molar-refractivity contribution in [1.82, 2.24) is 14.8 Å². The van der Waals surface area contributed by atoms with Crippen LogP contribution in [0.15, 0.2) is 47.6 Å². The van der Waals surface area contributed by atoms with Gasteiger partial charge in [-0.05, 0) is 55.3 Å². The van der Waals surface area contributed by atoms with Crippen molar-refractivity contribution >= 4 is 23.4 Å². The van der Waals surface area contributed by atoms with Crippen LogP contribution in [0.1, 0.15) is 17.0 Å². The zero-order valence-corrected chi connectivity index (χ0v) is 17.7. The Labute approximate surface area is 174 Å². The van der Waals surface area contributed by atoms with E-state index in [2.05, 4.69) is 28.5 Å². The van der Waals surface area contributed by atoms with Crippen LogP contribution >= 0.6 is 11.8 Å². The lowest BCUT2D eigenvalue weighted by atomic mass is 10.1. The summed E-state index contributed by atoms with van der Waals surface area (Å²) in [6, 6.07) is 13.2. The van der Waals surface area contributed by atoms with Gasteiger partial charge in [-0.15, -0.1) is 10.2 Å². The summed E-state index contributed by atoms with van der Waals surface area (Å²) in [4.78, 5) is 12.2. The molecule has 0 saturated carbocycles. The molecule has 7 nitrogen and oxygen atoms in total. The van der Waals surface area contributed by atoms with Gasteiger partial charge in [-0.3, -0.25) is 4.79 Å².